The molecule has 0 aromatic rings. The Morgan fingerprint density at radius 3 is 1.26 bits per heavy atom. The minimum absolute atomic E-state index is 0.117. The molecular formula is C41H58O5. The lowest BCUT2D eigenvalue weighted by atomic mass is 10.1. The van der Waals surface area contributed by atoms with E-state index in [-0.39, 0.29) is 31.6 Å². The Labute approximate surface area is 279 Å². The van der Waals surface area contributed by atoms with Crippen LogP contribution in [0.1, 0.15) is 90.9 Å². The van der Waals surface area contributed by atoms with Crippen molar-refractivity contribution in [2.75, 3.05) is 13.2 Å². The van der Waals surface area contributed by atoms with Gasteiger partial charge in [-0.05, 0) is 51.4 Å². The summed E-state index contributed by atoms with van der Waals surface area (Å²) in [6.07, 6.45) is 53.5. The number of esters is 2. The van der Waals surface area contributed by atoms with Gasteiger partial charge in [-0.1, -0.05) is 160 Å². The van der Waals surface area contributed by atoms with Gasteiger partial charge in [0.2, 0.25) is 0 Å². The maximum Gasteiger partial charge on any atom is 0.306 e. The van der Waals surface area contributed by atoms with Crippen molar-refractivity contribution in [1.29, 1.82) is 0 Å². The van der Waals surface area contributed by atoms with Gasteiger partial charge >= 0.3 is 11.9 Å². The fourth-order valence-electron chi connectivity index (χ4n) is 3.72. The zero-order valence-electron chi connectivity index (χ0n) is 28.3. The van der Waals surface area contributed by atoms with E-state index in [2.05, 4.69) is 38.2 Å². The fraction of sp³-hybridized carbons (Fsp3) is 0.415. The standard InChI is InChI=1S/C41H58O5/c1-3-5-7-9-11-13-15-17-18-19-20-21-22-24-26-28-30-32-34-36-41(44)46-39(37-42)38-45-40(43)35-33-31-29-27-25-23-16-14-12-10-8-6-4-2/h5-26,39,42H,3-4,27-38H2,1-2H3/b7-5+,8-6+,11-9+,12-10+,15-13+,16-14+,18-17+,20-19+,22-21+,25-23+,26-24+. The predicted octanol–water partition coefficient (Wildman–Crippen LogP) is 10.3. The van der Waals surface area contributed by atoms with E-state index in [4.69, 9.17) is 9.47 Å². The fourth-order valence-corrected chi connectivity index (χ4v) is 3.72. The number of carbonyl (C=O) groups is 2. The first kappa shape index (κ1) is 42.0. The molecule has 0 aliphatic carbocycles. The summed E-state index contributed by atoms with van der Waals surface area (Å²) in [6, 6.07) is 0. The molecule has 1 N–H and O–H groups in total. The van der Waals surface area contributed by atoms with E-state index in [1.807, 2.05) is 109 Å². The van der Waals surface area contributed by atoms with Gasteiger partial charge in [0, 0.05) is 12.8 Å². The molecule has 0 aromatic heterocycles. The summed E-state index contributed by atoms with van der Waals surface area (Å²) in [5.74, 6) is -0.710. The van der Waals surface area contributed by atoms with Crippen LogP contribution in [-0.2, 0) is 19.1 Å². The topological polar surface area (TPSA) is 72.8 Å². The largest absolute Gasteiger partial charge is 0.462 e. The van der Waals surface area contributed by atoms with Crippen molar-refractivity contribution in [3.63, 3.8) is 0 Å². The van der Waals surface area contributed by atoms with Gasteiger partial charge in [0.05, 0.1) is 6.61 Å². The Morgan fingerprint density at radius 1 is 0.500 bits per heavy atom. The molecule has 5 heteroatoms. The first-order valence-electron chi connectivity index (χ1n) is 16.9. The summed E-state index contributed by atoms with van der Waals surface area (Å²) in [4.78, 5) is 24.1. The summed E-state index contributed by atoms with van der Waals surface area (Å²) in [7, 11) is 0. The highest BCUT2D eigenvalue weighted by atomic mass is 16.6. The molecule has 0 aromatic carbocycles. The van der Waals surface area contributed by atoms with Crippen LogP contribution >= 0.6 is 0 Å². The summed E-state index contributed by atoms with van der Waals surface area (Å²) >= 11 is 0. The zero-order valence-corrected chi connectivity index (χ0v) is 28.3. The van der Waals surface area contributed by atoms with E-state index >= 15 is 0 Å². The average molecular weight is 631 g/mol. The van der Waals surface area contributed by atoms with Gasteiger partial charge in [0.1, 0.15) is 6.61 Å². The Kier molecular flexibility index (Phi) is 32.5. The number of ether oxygens (including phenoxy) is 2. The highest BCUT2D eigenvalue weighted by Crippen LogP contribution is 2.08. The predicted molar refractivity (Wildman–Crippen MR) is 195 cm³/mol. The van der Waals surface area contributed by atoms with Crippen molar-refractivity contribution in [2.45, 2.75) is 97.0 Å². The quantitative estimate of drug-likeness (QED) is 0.0555. The van der Waals surface area contributed by atoms with E-state index in [0.717, 1.165) is 57.8 Å². The van der Waals surface area contributed by atoms with Crippen molar-refractivity contribution >= 4 is 11.9 Å². The van der Waals surface area contributed by atoms with Crippen molar-refractivity contribution < 1.29 is 24.2 Å². The first-order chi connectivity index (χ1) is 22.6. The van der Waals surface area contributed by atoms with Crippen molar-refractivity contribution in [1.82, 2.24) is 0 Å². The van der Waals surface area contributed by atoms with Gasteiger partial charge < -0.3 is 14.6 Å². The van der Waals surface area contributed by atoms with E-state index in [1.54, 1.807) is 0 Å². The number of hydrogen-bond donors (Lipinski definition) is 1. The molecule has 0 spiro atoms. The minimum atomic E-state index is -0.821. The molecule has 0 bridgehead atoms. The highest BCUT2D eigenvalue weighted by Gasteiger charge is 2.15. The number of aliphatic hydroxyl groups excluding tert-OH is 1. The molecule has 0 fully saturated rings. The molecule has 0 aliphatic rings. The lowest BCUT2D eigenvalue weighted by molar-refractivity contribution is -0.161. The molecule has 0 heterocycles. The lowest BCUT2D eigenvalue weighted by Gasteiger charge is -2.15. The highest BCUT2D eigenvalue weighted by molar-refractivity contribution is 5.70. The Balaban J connectivity index is 3.86. The van der Waals surface area contributed by atoms with Gasteiger partial charge in [-0.25, -0.2) is 0 Å². The summed E-state index contributed by atoms with van der Waals surface area (Å²) in [5.41, 5.74) is 0. The molecule has 0 amide bonds. The Hall–Kier alpha value is -3.96. The SMILES string of the molecule is CC/C=C/C=C/C=C/C=C/C=C/C=C/C=C/CCCCCC(=O)OC(CO)COC(=O)CCCCC/C=C/C=C/C=C/C=C/CC. The van der Waals surface area contributed by atoms with Crippen LogP contribution in [0.3, 0.4) is 0 Å². The van der Waals surface area contributed by atoms with Gasteiger partial charge in [-0.15, -0.1) is 0 Å². The molecule has 0 radical (unpaired) electrons. The van der Waals surface area contributed by atoms with Crippen LogP contribution in [0.2, 0.25) is 0 Å². The lowest BCUT2D eigenvalue weighted by Crippen LogP contribution is -2.28. The number of carbonyl (C=O) groups excluding carboxylic acids is 2. The van der Waals surface area contributed by atoms with Gasteiger partial charge in [0.15, 0.2) is 6.10 Å². The number of aliphatic hydroxyl groups is 1. The number of unbranched alkanes of at least 4 members (excludes halogenated alkanes) is 6. The molecule has 1 unspecified atom stereocenters. The average Bonchev–Trinajstić information content (AvgIpc) is 3.06. The van der Waals surface area contributed by atoms with Gasteiger partial charge in [-0.2, -0.15) is 0 Å². The molecule has 46 heavy (non-hydrogen) atoms. The molecule has 252 valence electrons. The van der Waals surface area contributed by atoms with Crippen LogP contribution in [0.15, 0.2) is 134 Å². The number of hydrogen-bond acceptors (Lipinski definition) is 5. The third kappa shape index (κ3) is 32.9. The number of allylic oxidation sites excluding steroid dienone is 22. The second-order valence-corrected chi connectivity index (χ2v) is 10.4. The van der Waals surface area contributed by atoms with Crippen molar-refractivity contribution in [2.24, 2.45) is 0 Å². The summed E-state index contributed by atoms with van der Waals surface area (Å²) in [5, 5.41) is 9.51. The Bertz CT molecular complexity index is 1080. The van der Waals surface area contributed by atoms with E-state index < -0.39 is 6.10 Å². The molecule has 0 saturated heterocycles. The minimum Gasteiger partial charge on any atom is -0.462 e. The van der Waals surface area contributed by atoms with Crippen molar-refractivity contribution in [3.8, 4) is 0 Å². The maximum atomic E-state index is 12.1. The monoisotopic (exact) mass is 630 g/mol. The van der Waals surface area contributed by atoms with Crippen LogP contribution in [0.5, 0.6) is 0 Å². The third-order valence-corrected chi connectivity index (χ3v) is 6.23. The van der Waals surface area contributed by atoms with E-state index in [9.17, 15) is 14.7 Å². The smallest absolute Gasteiger partial charge is 0.306 e. The van der Waals surface area contributed by atoms with Crippen molar-refractivity contribution in [3.05, 3.63) is 134 Å². The normalized spacial score (nSPS) is 13.9. The van der Waals surface area contributed by atoms with Crippen LogP contribution in [0.25, 0.3) is 0 Å². The van der Waals surface area contributed by atoms with E-state index in [0.29, 0.717) is 12.8 Å². The molecule has 5 nitrogen and oxygen atoms in total. The molecule has 1 atom stereocenters. The van der Waals surface area contributed by atoms with Crippen LogP contribution in [0, 0.1) is 0 Å². The summed E-state index contributed by atoms with van der Waals surface area (Å²) in [6.45, 7) is 3.73. The van der Waals surface area contributed by atoms with Gasteiger partial charge in [-0.3, -0.25) is 9.59 Å². The second-order valence-electron chi connectivity index (χ2n) is 10.4. The van der Waals surface area contributed by atoms with E-state index in [1.165, 1.54) is 0 Å². The maximum absolute atomic E-state index is 12.1. The van der Waals surface area contributed by atoms with Gasteiger partial charge in [0.25, 0.3) is 0 Å². The molecule has 0 rings (SSSR count). The number of rotatable bonds is 27. The first-order valence-corrected chi connectivity index (χ1v) is 16.9. The molecule has 0 aliphatic heterocycles. The summed E-state index contributed by atoms with van der Waals surface area (Å²) < 4.78 is 10.5. The van der Waals surface area contributed by atoms with Crippen LogP contribution < -0.4 is 0 Å². The molecule has 0 saturated carbocycles. The molecular weight excluding hydrogens is 572 g/mol. The van der Waals surface area contributed by atoms with Crippen LogP contribution in [0.4, 0.5) is 0 Å². The second kappa shape index (κ2) is 35.5. The van der Waals surface area contributed by atoms with Crippen LogP contribution in [-0.4, -0.2) is 36.4 Å². The third-order valence-electron chi connectivity index (χ3n) is 6.23. The zero-order chi connectivity index (χ0) is 33.6. The Morgan fingerprint density at radius 2 is 0.870 bits per heavy atom.